The summed E-state index contributed by atoms with van der Waals surface area (Å²) in [5.41, 5.74) is 1.52. The van der Waals surface area contributed by atoms with E-state index in [-0.39, 0.29) is 23.0 Å². The van der Waals surface area contributed by atoms with Crippen LogP contribution in [0, 0.1) is 5.92 Å². The Hall–Kier alpha value is -1.48. The Kier molecular flexibility index (Phi) is 3.02. The van der Waals surface area contributed by atoms with Crippen LogP contribution in [0.15, 0.2) is 24.3 Å². The first-order valence-electron chi connectivity index (χ1n) is 7.03. The van der Waals surface area contributed by atoms with E-state index in [1.54, 1.807) is 6.92 Å². The minimum absolute atomic E-state index is 0.00417. The molecule has 19 heavy (non-hydrogen) atoms. The van der Waals surface area contributed by atoms with E-state index in [1.165, 1.54) is 0 Å². The van der Waals surface area contributed by atoms with Gasteiger partial charge in [-0.05, 0) is 25.3 Å². The molecule has 100 valence electrons. The summed E-state index contributed by atoms with van der Waals surface area (Å²) in [6.07, 6.45) is 4.08. The van der Waals surface area contributed by atoms with Crippen LogP contribution < -0.4 is 5.32 Å². The van der Waals surface area contributed by atoms with Gasteiger partial charge in [-0.2, -0.15) is 0 Å². The number of carbonyl (C=O) groups is 2. The summed E-state index contributed by atoms with van der Waals surface area (Å²) in [5.74, 6) is 0.362. The van der Waals surface area contributed by atoms with Crippen molar-refractivity contribution in [3.8, 4) is 0 Å². The van der Waals surface area contributed by atoms with Gasteiger partial charge in [-0.15, -0.1) is 0 Å². The molecular weight excluding hydrogens is 238 g/mol. The molecule has 1 aliphatic carbocycles. The molecule has 1 aromatic carbocycles. The molecule has 2 aliphatic rings. The topological polar surface area (TPSA) is 46.2 Å². The predicted octanol–water partition coefficient (Wildman–Crippen LogP) is 2.45. The van der Waals surface area contributed by atoms with Gasteiger partial charge in [-0.25, -0.2) is 0 Å². The van der Waals surface area contributed by atoms with Crippen molar-refractivity contribution in [2.75, 3.05) is 6.54 Å². The van der Waals surface area contributed by atoms with Crippen molar-refractivity contribution in [3.63, 3.8) is 0 Å². The normalized spacial score (nSPS) is 30.2. The highest BCUT2D eigenvalue weighted by Gasteiger charge is 2.47. The van der Waals surface area contributed by atoms with Gasteiger partial charge >= 0.3 is 0 Å². The molecule has 1 N–H and O–H groups in total. The highest BCUT2D eigenvalue weighted by molar-refractivity contribution is 6.01. The summed E-state index contributed by atoms with van der Waals surface area (Å²) in [6.45, 7) is 2.03. The van der Waals surface area contributed by atoms with E-state index >= 15 is 0 Å². The number of hydrogen-bond donors (Lipinski definition) is 1. The minimum Gasteiger partial charge on any atom is -0.300 e. The highest BCUT2D eigenvalue weighted by Crippen LogP contribution is 2.44. The first kappa shape index (κ1) is 12.5. The summed E-state index contributed by atoms with van der Waals surface area (Å²) in [5, 5.41) is 3.40. The molecule has 2 unspecified atom stereocenters. The van der Waals surface area contributed by atoms with Crippen LogP contribution >= 0.6 is 0 Å². The fraction of sp³-hybridized carbons (Fsp3) is 0.500. The number of rotatable bonds is 1. The molecular formula is C16H19NO2. The Bertz CT molecular complexity index is 537. The van der Waals surface area contributed by atoms with Crippen molar-refractivity contribution in [1.82, 2.24) is 5.32 Å². The van der Waals surface area contributed by atoms with Crippen LogP contribution in [0.3, 0.4) is 0 Å². The predicted molar refractivity (Wildman–Crippen MR) is 73.1 cm³/mol. The van der Waals surface area contributed by atoms with Crippen LogP contribution in [0.1, 0.15) is 48.5 Å². The summed E-state index contributed by atoms with van der Waals surface area (Å²) >= 11 is 0. The first-order valence-corrected chi connectivity index (χ1v) is 7.03. The summed E-state index contributed by atoms with van der Waals surface area (Å²) < 4.78 is 0. The Morgan fingerprint density at radius 3 is 2.89 bits per heavy atom. The lowest BCUT2D eigenvalue weighted by molar-refractivity contribution is -0.125. The van der Waals surface area contributed by atoms with E-state index in [0.29, 0.717) is 6.54 Å². The average molecular weight is 257 g/mol. The lowest BCUT2D eigenvalue weighted by atomic mass is 9.64. The van der Waals surface area contributed by atoms with Gasteiger partial charge in [0, 0.05) is 11.5 Å². The molecule has 0 bridgehead atoms. The number of benzene rings is 1. The van der Waals surface area contributed by atoms with Crippen LogP contribution in [-0.2, 0) is 10.3 Å². The third kappa shape index (κ3) is 1.84. The average Bonchev–Trinajstić information content (AvgIpc) is 2.44. The summed E-state index contributed by atoms with van der Waals surface area (Å²) in [7, 11) is 0. The monoisotopic (exact) mass is 257 g/mol. The Morgan fingerprint density at radius 1 is 1.32 bits per heavy atom. The molecule has 0 amide bonds. The molecule has 0 saturated heterocycles. The molecule has 1 spiro atoms. The maximum Gasteiger partial charge on any atom is 0.176 e. The van der Waals surface area contributed by atoms with Gasteiger partial charge in [0.2, 0.25) is 0 Å². The minimum atomic E-state index is -0.311. The van der Waals surface area contributed by atoms with Gasteiger partial charge < -0.3 is 0 Å². The molecule has 0 aromatic heterocycles. The molecule has 1 saturated carbocycles. The van der Waals surface area contributed by atoms with E-state index in [0.717, 1.165) is 36.8 Å². The number of nitrogens with one attached hydrogen (secondary N) is 1. The Morgan fingerprint density at radius 2 is 2.11 bits per heavy atom. The quantitative estimate of drug-likeness (QED) is 0.840. The number of carbonyl (C=O) groups excluding carboxylic acids is 2. The summed E-state index contributed by atoms with van der Waals surface area (Å²) in [4.78, 5) is 24.1. The molecule has 1 fully saturated rings. The Labute approximate surface area is 113 Å². The van der Waals surface area contributed by atoms with Gasteiger partial charge in [-0.3, -0.25) is 14.9 Å². The molecule has 1 aromatic rings. The van der Waals surface area contributed by atoms with Gasteiger partial charge in [0.05, 0.1) is 12.1 Å². The van der Waals surface area contributed by atoms with Crippen molar-refractivity contribution >= 4 is 11.6 Å². The van der Waals surface area contributed by atoms with Gasteiger partial charge in [-0.1, -0.05) is 37.1 Å². The molecule has 0 radical (unpaired) electrons. The number of hydrogen-bond acceptors (Lipinski definition) is 3. The number of fused-ring (bicyclic) bond motifs is 2. The lowest BCUT2D eigenvalue weighted by Gasteiger charge is -2.47. The van der Waals surface area contributed by atoms with E-state index < -0.39 is 0 Å². The molecule has 1 aliphatic heterocycles. The third-order valence-corrected chi connectivity index (χ3v) is 4.67. The zero-order chi connectivity index (χ0) is 13.5. The van der Waals surface area contributed by atoms with Gasteiger partial charge in [0.25, 0.3) is 0 Å². The van der Waals surface area contributed by atoms with Crippen molar-refractivity contribution in [1.29, 1.82) is 0 Å². The van der Waals surface area contributed by atoms with Crippen molar-refractivity contribution in [2.24, 2.45) is 5.92 Å². The SMILES string of the molecule is CC(=O)C1CCCCC12NCC(=O)c1ccccc12. The Balaban J connectivity index is 2.15. The standard InChI is InChI=1S/C16H19NO2/c1-11(18)13-7-4-5-9-16(13)14-8-3-2-6-12(14)15(19)10-17-16/h2-3,6,8,13,17H,4-5,7,9-10H2,1H3. The van der Waals surface area contributed by atoms with E-state index in [2.05, 4.69) is 5.32 Å². The summed E-state index contributed by atoms with van der Waals surface area (Å²) in [6, 6.07) is 7.78. The molecule has 2 atom stereocenters. The number of Topliss-reactive ketones (excluding diaryl/α,β-unsaturated/α-hetero) is 2. The van der Waals surface area contributed by atoms with Crippen LogP contribution in [-0.4, -0.2) is 18.1 Å². The lowest BCUT2D eigenvalue weighted by Crippen LogP contribution is -2.57. The van der Waals surface area contributed by atoms with E-state index in [1.807, 2.05) is 24.3 Å². The fourth-order valence-corrected chi connectivity index (χ4v) is 3.80. The second-order valence-electron chi connectivity index (χ2n) is 5.70. The van der Waals surface area contributed by atoms with Crippen LogP contribution in [0.5, 0.6) is 0 Å². The van der Waals surface area contributed by atoms with Crippen molar-refractivity contribution in [3.05, 3.63) is 35.4 Å². The molecule has 3 nitrogen and oxygen atoms in total. The van der Waals surface area contributed by atoms with E-state index in [9.17, 15) is 9.59 Å². The van der Waals surface area contributed by atoms with Gasteiger partial charge in [0.1, 0.15) is 5.78 Å². The van der Waals surface area contributed by atoms with Gasteiger partial charge in [0.15, 0.2) is 5.78 Å². The zero-order valence-corrected chi connectivity index (χ0v) is 11.2. The second kappa shape index (κ2) is 4.57. The smallest absolute Gasteiger partial charge is 0.176 e. The largest absolute Gasteiger partial charge is 0.300 e. The van der Waals surface area contributed by atoms with E-state index in [4.69, 9.17) is 0 Å². The number of ketones is 2. The van der Waals surface area contributed by atoms with Crippen molar-refractivity contribution in [2.45, 2.75) is 38.1 Å². The van der Waals surface area contributed by atoms with Crippen molar-refractivity contribution < 1.29 is 9.59 Å². The molecule has 3 rings (SSSR count). The maximum absolute atomic E-state index is 12.0. The second-order valence-corrected chi connectivity index (χ2v) is 5.70. The molecule has 3 heteroatoms. The fourth-order valence-electron chi connectivity index (χ4n) is 3.80. The van der Waals surface area contributed by atoms with Crippen LogP contribution in [0.2, 0.25) is 0 Å². The highest BCUT2D eigenvalue weighted by atomic mass is 16.1. The first-order chi connectivity index (χ1) is 9.15. The van der Waals surface area contributed by atoms with Crippen LogP contribution in [0.25, 0.3) is 0 Å². The van der Waals surface area contributed by atoms with Crippen LogP contribution in [0.4, 0.5) is 0 Å². The third-order valence-electron chi connectivity index (χ3n) is 4.67. The maximum atomic E-state index is 12.0. The zero-order valence-electron chi connectivity index (χ0n) is 11.2. The molecule has 1 heterocycles.